The summed E-state index contributed by atoms with van der Waals surface area (Å²) in [5, 5.41) is 0. The van der Waals surface area contributed by atoms with Crippen molar-refractivity contribution in [2.75, 3.05) is 26.7 Å². The van der Waals surface area contributed by atoms with Crippen molar-refractivity contribution in [1.82, 2.24) is 9.21 Å². The molecule has 1 aromatic rings. The first-order valence-electron chi connectivity index (χ1n) is 9.41. The van der Waals surface area contributed by atoms with Crippen LogP contribution in [0.3, 0.4) is 0 Å². The average molecular weight is 367 g/mol. The molecule has 0 N–H and O–H groups in total. The molecule has 0 amide bonds. The van der Waals surface area contributed by atoms with Crippen LogP contribution >= 0.6 is 0 Å². The summed E-state index contributed by atoms with van der Waals surface area (Å²) in [6.45, 7) is 12.6. The minimum atomic E-state index is -3.40. The third-order valence-corrected chi connectivity index (χ3v) is 7.51. The first-order chi connectivity index (χ1) is 11.6. The molecule has 0 aliphatic carbocycles. The minimum absolute atomic E-state index is 0.491. The Bertz CT molecular complexity index is 667. The molecule has 1 aromatic carbocycles. The third-order valence-electron chi connectivity index (χ3n) is 5.31. The number of nitrogens with zero attached hydrogens (tertiary/aromatic N) is 2. The van der Waals surface area contributed by atoms with Gasteiger partial charge in [0.25, 0.3) is 0 Å². The van der Waals surface area contributed by atoms with Crippen molar-refractivity contribution < 1.29 is 8.42 Å². The fourth-order valence-corrected chi connectivity index (χ4v) is 5.75. The van der Waals surface area contributed by atoms with Crippen molar-refractivity contribution >= 4 is 10.0 Å². The molecule has 2 rings (SSSR count). The number of sulfonamides is 1. The molecule has 1 aliphatic rings. The molecule has 0 radical (unpaired) electrons. The van der Waals surface area contributed by atoms with Crippen LogP contribution in [-0.2, 0) is 10.0 Å². The summed E-state index contributed by atoms with van der Waals surface area (Å²) in [7, 11) is -1.23. The molecule has 0 aromatic heterocycles. The van der Waals surface area contributed by atoms with E-state index >= 15 is 0 Å². The Morgan fingerprint density at radius 3 is 2.12 bits per heavy atom. The molecule has 5 heteroatoms. The molecule has 1 aliphatic heterocycles. The lowest BCUT2D eigenvalue weighted by molar-refractivity contribution is 0.162. The highest BCUT2D eigenvalue weighted by Crippen LogP contribution is 2.28. The van der Waals surface area contributed by atoms with Crippen molar-refractivity contribution in [3.05, 3.63) is 28.8 Å². The van der Waals surface area contributed by atoms with E-state index in [0.717, 1.165) is 36.1 Å². The van der Waals surface area contributed by atoms with E-state index in [1.54, 1.807) is 4.31 Å². The Kier molecular flexibility index (Phi) is 6.68. The van der Waals surface area contributed by atoms with Crippen LogP contribution in [0.1, 0.15) is 49.8 Å². The topological polar surface area (TPSA) is 40.6 Å². The maximum Gasteiger partial charge on any atom is 0.243 e. The van der Waals surface area contributed by atoms with E-state index in [1.165, 1.54) is 6.42 Å². The first kappa shape index (κ1) is 20.4. The predicted molar refractivity (Wildman–Crippen MR) is 105 cm³/mol. The van der Waals surface area contributed by atoms with E-state index in [1.807, 2.05) is 32.9 Å². The van der Waals surface area contributed by atoms with Gasteiger partial charge in [-0.15, -0.1) is 0 Å². The summed E-state index contributed by atoms with van der Waals surface area (Å²) in [6.07, 6.45) is 3.02. The Balaban J connectivity index is 2.07. The number of aryl methyl sites for hydroxylation is 3. The minimum Gasteiger partial charge on any atom is -0.303 e. The zero-order valence-electron chi connectivity index (χ0n) is 16.7. The summed E-state index contributed by atoms with van der Waals surface area (Å²) in [6, 6.07) is 4.42. The molecular weight excluding hydrogens is 332 g/mol. The standard InChI is InChI=1S/C20H34N2O2S/c1-15(2)7-10-21(6)19-8-11-22(12-9-19)25(23,24)20-17(4)13-16(3)14-18(20)5/h13-15,19H,7-12H2,1-6H3. The van der Waals surface area contributed by atoms with Gasteiger partial charge in [-0.3, -0.25) is 0 Å². The van der Waals surface area contributed by atoms with E-state index in [2.05, 4.69) is 25.8 Å². The Morgan fingerprint density at radius 1 is 1.12 bits per heavy atom. The monoisotopic (exact) mass is 366 g/mol. The van der Waals surface area contributed by atoms with Gasteiger partial charge in [-0.2, -0.15) is 4.31 Å². The van der Waals surface area contributed by atoms with Gasteiger partial charge in [0.05, 0.1) is 4.90 Å². The molecule has 1 fully saturated rings. The van der Waals surface area contributed by atoms with Gasteiger partial charge in [0.1, 0.15) is 0 Å². The smallest absolute Gasteiger partial charge is 0.243 e. The van der Waals surface area contributed by atoms with Gasteiger partial charge in [-0.1, -0.05) is 31.5 Å². The molecule has 1 saturated heterocycles. The normalized spacial score (nSPS) is 17.6. The quantitative estimate of drug-likeness (QED) is 0.770. The molecule has 4 nitrogen and oxygen atoms in total. The van der Waals surface area contributed by atoms with Crippen LogP contribution in [0.5, 0.6) is 0 Å². The lowest BCUT2D eigenvalue weighted by Gasteiger charge is -2.36. The van der Waals surface area contributed by atoms with Crippen molar-refractivity contribution in [2.45, 2.75) is 64.8 Å². The first-order valence-corrected chi connectivity index (χ1v) is 10.8. The summed E-state index contributed by atoms with van der Waals surface area (Å²) >= 11 is 0. The van der Waals surface area contributed by atoms with Crippen LogP contribution < -0.4 is 0 Å². The van der Waals surface area contributed by atoms with Crippen LogP contribution in [0.25, 0.3) is 0 Å². The highest BCUT2D eigenvalue weighted by atomic mass is 32.2. The van der Waals surface area contributed by atoms with E-state index in [4.69, 9.17) is 0 Å². The fourth-order valence-electron chi connectivity index (χ4n) is 3.87. The maximum absolute atomic E-state index is 13.1. The van der Waals surface area contributed by atoms with Crippen LogP contribution in [0.15, 0.2) is 17.0 Å². The van der Waals surface area contributed by atoms with Gasteiger partial charge in [-0.25, -0.2) is 8.42 Å². The van der Waals surface area contributed by atoms with Gasteiger partial charge in [-0.05, 0) is 70.7 Å². The Labute approximate surface area is 154 Å². The molecule has 1 heterocycles. The third kappa shape index (κ3) is 4.83. The van der Waals surface area contributed by atoms with Gasteiger partial charge >= 0.3 is 0 Å². The summed E-state index contributed by atoms with van der Waals surface area (Å²) in [4.78, 5) is 2.91. The van der Waals surface area contributed by atoms with Crippen molar-refractivity contribution in [3.63, 3.8) is 0 Å². The number of rotatable bonds is 6. The lowest BCUT2D eigenvalue weighted by Crippen LogP contribution is -2.46. The molecule has 0 spiro atoms. The average Bonchev–Trinajstić information content (AvgIpc) is 2.51. The predicted octanol–water partition coefficient (Wildman–Crippen LogP) is 3.74. The number of piperidine rings is 1. The van der Waals surface area contributed by atoms with E-state index in [-0.39, 0.29) is 0 Å². The van der Waals surface area contributed by atoms with E-state index in [0.29, 0.717) is 29.9 Å². The molecule has 142 valence electrons. The molecule has 0 unspecified atom stereocenters. The molecule has 0 atom stereocenters. The van der Waals surface area contributed by atoms with Gasteiger partial charge in [0.15, 0.2) is 0 Å². The van der Waals surface area contributed by atoms with Crippen molar-refractivity contribution in [1.29, 1.82) is 0 Å². The highest BCUT2D eigenvalue weighted by Gasteiger charge is 2.32. The molecule has 25 heavy (non-hydrogen) atoms. The zero-order chi connectivity index (χ0) is 18.8. The lowest BCUT2D eigenvalue weighted by atomic mass is 10.0. The molecule has 0 bridgehead atoms. The molecule has 0 saturated carbocycles. The molecular formula is C20H34N2O2S. The number of benzene rings is 1. The highest BCUT2D eigenvalue weighted by molar-refractivity contribution is 7.89. The Hall–Kier alpha value is -0.910. The van der Waals surface area contributed by atoms with Crippen molar-refractivity contribution in [2.24, 2.45) is 5.92 Å². The second kappa shape index (κ2) is 8.19. The summed E-state index contributed by atoms with van der Waals surface area (Å²) < 4.78 is 28.0. The van der Waals surface area contributed by atoms with E-state index in [9.17, 15) is 8.42 Å². The summed E-state index contributed by atoms with van der Waals surface area (Å²) in [5.74, 6) is 0.704. The largest absolute Gasteiger partial charge is 0.303 e. The second-order valence-electron chi connectivity index (χ2n) is 8.03. The Morgan fingerprint density at radius 2 is 1.64 bits per heavy atom. The summed E-state index contributed by atoms with van der Waals surface area (Å²) in [5.41, 5.74) is 2.82. The fraction of sp³-hybridized carbons (Fsp3) is 0.700. The van der Waals surface area contributed by atoms with Gasteiger partial charge in [0.2, 0.25) is 10.0 Å². The van der Waals surface area contributed by atoms with Crippen LogP contribution in [0.4, 0.5) is 0 Å². The van der Waals surface area contributed by atoms with Crippen molar-refractivity contribution in [3.8, 4) is 0 Å². The zero-order valence-corrected chi connectivity index (χ0v) is 17.5. The van der Waals surface area contributed by atoms with Crippen LogP contribution in [0, 0.1) is 26.7 Å². The maximum atomic E-state index is 13.1. The van der Waals surface area contributed by atoms with Crippen LogP contribution in [-0.4, -0.2) is 50.3 Å². The number of hydrogen-bond donors (Lipinski definition) is 0. The second-order valence-corrected chi connectivity index (χ2v) is 9.90. The SMILES string of the molecule is Cc1cc(C)c(S(=O)(=O)N2CCC(N(C)CCC(C)C)CC2)c(C)c1. The van der Waals surface area contributed by atoms with Gasteiger partial charge in [0, 0.05) is 19.1 Å². The van der Waals surface area contributed by atoms with Crippen LogP contribution in [0.2, 0.25) is 0 Å². The van der Waals surface area contributed by atoms with E-state index < -0.39 is 10.0 Å². The van der Waals surface area contributed by atoms with Gasteiger partial charge < -0.3 is 4.90 Å². The number of hydrogen-bond acceptors (Lipinski definition) is 3.